The number of amides is 1. The van der Waals surface area contributed by atoms with Crippen LogP contribution in [0, 0.1) is 10.1 Å². The molecular weight excluding hydrogens is 416 g/mol. The van der Waals surface area contributed by atoms with Gasteiger partial charge in [-0.05, 0) is 31.0 Å². The normalized spacial score (nSPS) is 12.2. The van der Waals surface area contributed by atoms with Crippen LogP contribution in [0.15, 0.2) is 24.3 Å². The highest BCUT2D eigenvalue weighted by molar-refractivity contribution is 6.32. The largest absolute Gasteiger partial charge is 0.493 e. The first-order chi connectivity index (χ1) is 14.4. The average molecular weight is 437 g/mol. The second-order valence-electron chi connectivity index (χ2n) is 6.32. The number of methoxy groups -OCH3 is 1. The van der Waals surface area contributed by atoms with Crippen LogP contribution in [0.2, 0.25) is 5.02 Å². The first-order valence-corrected chi connectivity index (χ1v) is 9.67. The molecule has 1 N–H and O–H groups in total. The Morgan fingerprint density at radius 1 is 1.23 bits per heavy atom. The summed E-state index contributed by atoms with van der Waals surface area (Å²) in [6.07, 6.45) is 0.448. The first kappa shape index (κ1) is 21.5. The van der Waals surface area contributed by atoms with E-state index < -0.39 is 10.8 Å². The van der Waals surface area contributed by atoms with E-state index in [-0.39, 0.29) is 29.3 Å². The number of ether oxygens (including phenoxy) is 4. The van der Waals surface area contributed by atoms with Gasteiger partial charge in [-0.25, -0.2) is 0 Å². The van der Waals surface area contributed by atoms with E-state index in [1.165, 1.54) is 19.2 Å². The number of hydrogen-bond donors (Lipinski definition) is 1. The van der Waals surface area contributed by atoms with Crippen molar-refractivity contribution in [2.45, 2.75) is 13.3 Å². The molecule has 0 aliphatic carbocycles. The van der Waals surface area contributed by atoms with Crippen molar-refractivity contribution in [1.82, 2.24) is 5.32 Å². The maximum atomic E-state index is 12.6. The van der Waals surface area contributed by atoms with Gasteiger partial charge in [0.05, 0.1) is 29.7 Å². The molecule has 0 spiro atoms. The van der Waals surface area contributed by atoms with Crippen molar-refractivity contribution in [1.29, 1.82) is 0 Å². The highest BCUT2D eigenvalue weighted by Gasteiger charge is 2.24. The third-order valence-corrected chi connectivity index (χ3v) is 4.66. The third kappa shape index (κ3) is 4.68. The summed E-state index contributed by atoms with van der Waals surface area (Å²) in [7, 11) is 1.40. The molecule has 0 fully saturated rings. The number of hydrogen-bond acceptors (Lipinski definition) is 7. The van der Waals surface area contributed by atoms with Gasteiger partial charge in [0.1, 0.15) is 18.8 Å². The van der Waals surface area contributed by atoms with E-state index in [1.54, 1.807) is 19.1 Å². The Morgan fingerprint density at radius 2 is 2.00 bits per heavy atom. The zero-order valence-corrected chi connectivity index (χ0v) is 17.3. The van der Waals surface area contributed by atoms with Crippen LogP contribution >= 0.6 is 11.6 Å². The van der Waals surface area contributed by atoms with Crippen LogP contribution in [0.4, 0.5) is 5.69 Å². The van der Waals surface area contributed by atoms with Gasteiger partial charge in [0.2, 0.25) is 0 Å². The van der Waals surface area contributed by atoms with Gasteiger partial charge in [-0.2, -0.15) is 0 Å². The van der Waals surface area contributed by atoms with Crippen molar-refractivity contribution >= 4 is 23.2 Å². The van der Waals surface area contributed by atoms with Crippen LogP contribution in [0.1, 0.15) is 22.8 Å². The molecule has 0 unspecified atom stereocenters. The number of carbonyl (C=O) groups excluding carboxylic acids is 1. The highest BCUT2D eigenvalue weighted by Crippen LogP contribution is 2.38. The van der Waals surface area contributed by atoms with Crippen molar-refractivity contribution in [2.75, 3.05) is 33.5 Å². The van der Waals surface area contributed by atoms with Gasteiger partial charge in [0, 0.05) is 12.6 Å². The fourth-order valence-corrected chi connectivity index (χ4v) is 3.32. The fourth-order valence-electron chi connectivity index (χ4n) is 3.03. The minimum Gasteiger partial charge on any atom is -0.493 e. The van der Waals surface area contributed by atoms with Gasteiger partial charge >= 0.3 is 0 Å². The summed E-state index contributed by atoms with van der Waals surface area (Å²) < 4.78 is 21.6. The average Bonchev–Trinajstić information content (AvgIpc) is 2.73. The van der Waals surface area contributed by atoms with E-state index in [1.807, 2.05) is 0 Å². The predicted octanol–water partition coefficient (Wildman–Crippen LogP) is 3.40. The van der Waals surface area contributed by atoms with Crippen LogP contribution in [-0.4, -0.2) is 44.3 Å². The van der Waals surface area contributed by atoms with E-state index in [4.69, 9.17) is 30.5 Å². The van der Waals surface area contributed by atoms with E-state index in [0.29, 0.717) is 42.8 Å². The quantitative estimate of drug-likeness (QED) is 0.498. The lowest BCUT2D eigenvalue weighted by atomic mass is 10.1. The Hall–Kier alpha value is -3.20. The summed E-state index contributed by atoms with van der Waals surface area (Å²) in [6.45, 7) is 3.16. The molecule has 9 nitrogen and oxygen atoms in total. The Kier molecular flexibility index (Phi) is 6.83. The van der Waals surface area contributed by atoms with Crippen LogP contribution in [0.5, 0.6) is 23.0 Å². The SMILES string of the molecule is CCOc1cc([N+](=O)[O-])c(C(=O)NCCc2cc(Cl)c3c(c2)OCCO3)cc1OC. The second kappa shape index (κ2) is 9.53. The molecule has 30 heavy (non-hydrogen) atoms. The Balaban J connectivity index is 1.73. The molecule has 1 aliphatic rings. The molecule has 2 aromatic carbocycles. The van der Waals surface area contributed by atoms with Crippen LogP contribution < -0.4 is 24.3 Å². The van der Waals surface area contributed by atoms with Crippen molar-refractivity contribution in [3.63, 3.8) is 0 Å². The molecule has 1 aliphatic heterocycles. The van der Waals surface area contributed by atoms with E-state index in [0.717, 1.165) is 5.56 Å². The molecule has 0 atom stereocenters. The number of benzene rings is 2. The number of halogens is 1. The fraction of sp³-hybridized carbons (Fsp3) is 0.350. The van der Waals surface area contributed by atoms with Gasteiger partial charge in [-0.15, -0.1) is 0 Å². The molecule has 2 aromatic rings. The third-order valence-electron chi connectivity index (χ3n) is 4.38. The molecule has 10 heteroatoms. The minimum atomic E-state index is -0.628. The van der Waals surface area contributed by atoms with Gasteiger partial charge in [-0.1, -0.05) is 11.6 Å². The summed E-state index contributed by atoms with van der Waals surface area (Å²) in [6, 6.07) is 6.04. The molecule has 0 aromatic heterocycles. The van der Waals surface area contributed by atoms with Crippen LogP contribution in [-0.2, 0) is 6.42 Å². The Morgan fingerprint density at radius 3 is 2.70 bits per heavy atom. The predicted molar refractivity (Wildman–Crippen MR) is 109 cm³/mol. The van der Waals surface area contributed by atoms with Crippen LogP contribution in [0.3, 0.4) is 0 Å². The molecule has 0 saturated heterocycles. The standard InChI is InChI=1S/C20H21ClN2O7/c1-3-28-17-11-15(23(25)26)13(10-16(17)27-2)20(24)22-5-4-12-8-14(21)19-18(9-12)29-6-7-30-19/h8-11H,3-7H2,1-2H3,(H,22,24). The minimum absolute atomic E-state index is 0.111. The molecule has 1 amide bonds. The highest BCUT2D eigenvalue weighted by atomic mass is 35.5. The van der Waals surface area contributed by atoms with E-state index in [9.17, 15) is 14.9 Å². The number of nitrogens with one attached hydrogen (secondary N) is 1. The lowest BCUT2D eigenvalue weighted by Crippen LogP contribution is -2.26. The van der Waals surface area contributed by atoms with Gasteiger partial charge in [0.15, 0.2) is 23.0 Å². The van der Waals surface area contributed by atoms with Crippen molar-refractivity contribution in [3.8, 4) is 23.0 Å². The lowest BCUT2D eigenvalue weighted by molar-refractivity contribution is -0.385. The topological polar surface area (TPSA) is 109 Å². The number of nitrogens with zero attached hydrogens (tertiary/aromatic N) is 1. The Labute approximate surface area is 178 Å². The molecule has 160 valence electrons. The molecule has 0 saturated carbocycles. The van der Waals surface area contributed by atoms with Crippen molar-refractivity contribution in [2.24, 2.45) is 0 Å². The van der Waals surface area contributed by atoms with Gasteiger partial charge < -0.3 is 24.3 Å². The summed E-state index contributed by atoms with van der Waals surface area (Å²) >= 11 is 6.22. The lowest BCUT2D eigenvalue weighted by Gasteiger charge is -2.20. The molecule has 0 bridgehead atoms. The molecule has 3 rings (SSSR count). The zero-order valence-electron chi connectivity index (χ0n) is 16.5. The van der Waals surface area contributed by atoms with Crippen molar-refractivity contribution in [3.05, 3.63) is 50.5 Å². The number of nitro benzene ring substituents is 1. The van der Waals surface area contributed by atoms with Gasteiger partial charge in [-0.3, -0.25) is 14.9 Å². The van der Waals surface area contributed by atoms with Crippen LogP contribution in [0.25, 0.3) is 0 Å². The second-order valence-corrected chi connectivity index (χ2v) is 6.73. The van der Waals surface area contributed by atoms with E-state index in [2.05, 4.69) is 5.32 Å². The Bertz CT molecular complexity index is 965. The molecular formula is C20H21ClN2O7. The zero-order chi connectivity index (χ0) is 21.7. The smallest absolute Gasteiger partial charge is 0.286 e. The van der Waals surface area contributed by atoms with E-state index >= 15 is 0 Å². The summed E-state index contributed by atoms with van der Waals surface area (Å²) in [4.78, 5) is 23.4. The number of nitro groups is 1. The van der Waals surface area contributed by atoms with Crippen molar-refractivity contribution < 1.29 is 28.7 Å². The summed E-state index contributed by atoms with van der Waals surface area (Å²) in [5, 5.41) is 14.6. The first-order valence-electron chi connectivity index (χ1n) is 9.30. The monoisotopic (exact) mass is 436 g/mol. The maximum absolute atomic E-state index is 12.6. The molecule has 1 heterocycles. The maximum Gasteiger partial charge on any atom is 0.286 e. The summed E-state index contributed by atoms with van der Waals surface area (Å²) in [5.74, 6) is 0.918. The summed E-state index contributed by atoms with van der Waals surface area (Å²) in [5.41, 5.74) is 0.364. The van der Waals surface area contributed by atoms with Gasteiger partial charge in [0.25, 0.3) is 11.6 Å². The molecule has 0 radical (unpaired) electrons. The number of rotatable bonds is 8. The number of carbonyl (C=O) groups is 1. The number of fused-ring (bicyclic) bond motifs is 1.